The van der Waals surface area contributed by atoms with Gasteiger partial charge in [0.15, 0.2) is 11.8 Å². The van der Waals surface area contributed by atoms with Crippen LogP contribution in [0, 0.1) is 11.8 Å². The van der Waals surface area contributed by atoms with Crippen LogP contribution in [0.25, 0.3) is 5.76 Å². The number of carboxylic acids is 1. The lowest BCUT2D eigenvalue weighted by Crippen LogP contribution is -2.35. The van der Waals surface area contributed by atoms with Crippen molar-refractivity contribution in [2.75, 3.05) is 4.90 Å². The molecule has 8 heteroatoms. The number of anilines is 1. The van der Waals surface area contributed by atoms with Gasteiger partial charge in [-0.1, -0.05) is 42.5 Å². The quantitative estimate of drug-likeness (QED) is 0.755. The van der Waals surface area contributed by atoms with Gasteiger partial charge >= 0.3 is 5.97 Å². The maximum atomic E-state index is 13.2. The summed E-state index contributed by atoms with van der Waals surface area (Å²) < 4.78 is 0. The first-order chi connectivity index (χ1) is 14.4. The van der Waals surface area contributed by atoms with Gasteiger partial charge in [-0.15, -0.1) is 0 Å². The highest BCUT2D eigenvalue weighted by atomic mass is 16.4. The van der Waals surface area contributed by atoms with E-state index >= 15 is 0 Å². The SMILES string of the molecule is O=C1C(C2=NC(C(=O)O)C3C(=O)N(c4ccccc4)C(=O)C23)=C(O)c2ccccc21. The van der Waals surface area contributed by atoms with Gasteiger partial charge in [0.1, 0.15) is 5.76 Å². The normalized spacial score (nSPS) is 24.9. The first-order valence-electron chi connectivity index (χ1n) is 9.23. The van der Waals surface area contributed by atoms with Crippen LogP contribution in [0.3, 0.4) is 0 Å². The minimum absolute atomic E-state index is 0.150. The third kappa shape index (κ3) is 2.24. The molecule has 30 heavy (non-hydrogen) atoms. The van der Waals surface area contributed by atoms with E-state index in [9.17, 15) is 29.4 Å². The molecule has 3 unspecified atom stereocenters. The largest absolute Gasteiger partial charge is 0.506 e. The molecule has 2 heterocycles. The molecule has 2 N–H and O–H groups in total. The highest BCUT2D eigenvalue weighted by Gasteiger charge is 2.60. The summed E-state index contributed by atoms with van der Waals surface area (Å²) in [6.07, 6.45) is 0. The number of carbonyl (C=O) groups excluding carboxylic acids is 3. The first-order valence-corrected chi connectivity index (χ1v) is 9.23. The summed E-state index contributed by atoms with van der Waals surface area (Å²) in [7, 11) is 0. The van der Waals surface area contributed by atoms with Crippen LogP contribution in [-0.4, -0.2) is 45.5 Å². The van der Waals surface area contributed by atoms with Gasteiger partial charge in [-0.2, -0.15) is 0 Å². The third-order valence-electron chi connectivity index (χ3n) is 5.68. The minimum Gasteiger partial charge on any atom is -0.506 e. The predicted octanol–water partition coefficient (Wildman–Crippen LogP) is 1.87. The van der Waals surface area contributed by atoms with Gasteiger partial charge in [0.05, 0.1) is 28.8 Å². The number of Topliss-reactive ketones (excluding diaryl/α,β-unsaturated/α-hetero) is 1. The molecule has 0 bridgehead atoms. The fourth-order valence-corrected chi connectivity index (χ4v) is 4.37. The van der Waals surface area contributed by atoms with E-state index in [-0.39, 0.29) is 28.2 Å². The highest BCUT2D eigenvalue weighted by Crippen LogP contribution is 2.44. The van der Waals surface area contributed by atoms with Crippen LogP contribution < -0.4 is 4.90 Å². The molecule has 8 nitrogen and oxygen atoms in total. The number of aliphatic carboxylic acids is 1. The van der Waals surface area contributed by atoms with Gasteiger partial charge in [0, 0.05) is 11.1 Å². The minimum atomic E-state index is -1.52. The number of fused-ring (bicyclic) bond motifs is 2. The Labute approximate surface area is 169 Å². The van der Waals surface area contributed by atoms with E-state index in [1.807, 2.05) is 0 Å². The number of hydrogen-bond acceptors (Lipinski definition) is 6. The predicted molar refractivity (Wildman–Crippen MR) is 105 cm³/mol. The molecule has 1 fully saturated rings. The molecule has 2 aromatic rings. The number of amides is 2. The summed E-state index contributed by atoms with van der Waals surface area (Å²) >= 11 is 0. The monoisotopic (exact) mass is 402 g/mol. The Morgan fingerprint density at radius 3 is 2.17 bits per heavy atom. The van der Waals surface area contributed by atoms with Gasteiger partial charge in [-0.3, -0.25) is 19.4 Å². The standard InChI is InChI=1S/C22H14N2O6/c25-18-11-8-4-5-9-12(11)19(26)15(18)16-13-14(17(23-16)22(29)30)21(28)24(20(13)27)10-6-2-1-3-7-10/h1-9,13-14,17,25H,(H,29,30). The zero-order chi connectivity index (χ0) is 21.2. The van der Waals surface area contributed by atoms with Gasteiger partial charge in [-0.25, -0.2) is 9.69 Å². The summed E-state index contributed by atoms with van der Waals surface area (Å²) in [6, 6.07) is 13.0. The lowest BCUT2D eigenvalue weighted by molar-refractivity contribution is -0.141. The van der Waals surface area contributed by atoms with Crippen LogP contribution in [0.2, 0.25) is 0 Å². The fraction of sp³-hybridized carbons (Fsp3) is 0.136. The molecule has 0 radical (unpaired) electrons. The number of nitrogens with zero attached hydrogens (tertiary/aromatic N) is 2. The number of allylic oxidation sites excluding steroid dienone is 1. The summed E-state index contributed by atoms with van der Waals surface area (Å²) in [5.74, 6) is -6.17. The molecular formula is C22H14N2O6. The second-order valence-corrected chi connectivity index (χ2v) is 7.25. The average molecular weight is 402 g/mol. The van der Waals surface area contributed by atoms with Gasteiger partial charge in [0.25, 0.3) is 0 Å². The first kappa shape index (κ1) is 18.0. The second kappa shape index (κ2) is 6.21. The number of ketones is 1. The Bertz CT molecular complexity index is 1210. The summed E-state index contributed by atoms with van der Waals surface area (Å²) in [6.45, 7) is 0. The molecule has 148 valence electrons. The molecule has 0 saturated carbocycles. The lowest BCUT2D eigenvalue weighted by Gasteiger charge is -2.16. The van der Waals surface area contributed by atoms with Gasteiger partial charge in [0.2, 0.25) is 11.8 Å². The van der Waals surface area contributed by atoms with Crippen LogP contribution in [0.5, 0.6) is 0 Å². The zero-order valence-electron chi connectivity index (χ0n) is 15.4. The summed E-state index contributed by atoms with van der Waals surface area (Å²) in [5, 5.41) is 20.3. The number of hydrogen-bond donors (Lipinski definition) is 2. The number of para-hydroxylation sites is 1. The third-order valence-corrected chi connectivity index (χ3v) is 5.68. The zero-order valence-corrected chi connectivity index (χ0v) is 15.4. The van der Waals surface area contributed by atoms with Crippen molar-refractivity contribution in [1.82, 2.24) is 0 Å². The number of aliphatic hydroxyl groups excluding tert-OH is 1. The summed E-state index contributed by atoms with van der Waals surface area (Å²) in [4.78, 5) is 56.1. The topological polar surface area (TPSA) is 124 Å². The Kier molecular flexibility index (Phi) is 3.73. The van der Waals surface area contributed by atoms with Crippen LogP contribution in [0.4, 0.5) is 5.69 Å². The molecule has 0 aromatic heterocycles. The maximum absolute atomic E-state index is 13.2. The van der Waals surface area contributed by atoms with E-state index < -0.39 is 41.4 Å². The number of aliphatic hydroxyl groups is 1. The van der Waals surface area contributed by atoms with Crippen molar-refractivity contribution in [2.24, 2.45) is 16.8 Å². The van der Waals surface area contributed by atoms with Crippen molar-refractivity contribution < 1.29 is 29.4 Å². The smallest absolute Gasteiger partial charge is 0.329 e. The Balaban J connectivity index is 1.65. The summed E-state index contributed by atoms with van der Waals surface area (Å²) in [5.41, 5.74) is 0.463. The fourth-order valence-electron chi connectivity index (χ4n) is 4.37. The van der Waals surface area contributed by atoms with Gasteiger partial charge < -0.3 is 10.2 Å². The van der Waals surface area contributed by atoms with E-state index in [4.69, 9.17) is 0 Å². The molecule has 1 aliphatic carbocycles. The average Bonchev–Trinajstić information content (AvgIpc) is 3.33. The molecular weight excluding hydrogens is 388 g/mol. The van der Waals surface area contributed by atoms with Crippen molar-refractivity contribution in [3.63, 3.8) is 0 Å². The van der Waals surface area contributed by atoms with Crippen LogP contribution >= 0.6 is 0 Å². The van der Waals surface area contributed by atoms with Gasteiger partial charge in [-0.05, 0) is 12.1 Å². The van der Waals surface area contributed by atoms with Crippen molar-refractivity contribution >= 4 is 40.7 Å². The number of carboxylic acid groups (broad SMARTS) is 1. The van der Waals surface area contributed by atoms with E-state index in [0.717, 1.165) is 4.90 Å². The molecule has 2 amide bonds. The van der Waals surface area contributed by atoms with Crippen molar-refractivity contribution in [3.8, 4) is 0 Å². The Morgan fingerprint density at radius 2 is 1.53 bits per heavy atom. The van der Waals surface area contributed by atoms with E-state index in [1.165, 1.54) is 6.07 Å². The number of imide groups is 1. The Morgan fingerprint density at radius 1 is 0.900 bits per heavy atom. The molecule has 5 rings (SSSR count). The molecule has 0 spiro atoms. The maximum Gasteiger partial charge on any atom is 0.329 e. The lowest BCUT2D eigenvalue weighted by atomic mass is 9.85. The number of benzene rings is 2. The molecule has 3 aliphatic rings. The second-order valence-electron chi connectivity index (χ2n) is 7.25. The van der Waals surface area contributed by atoms with Crippen LogP contribution in [0.15, 0.2) is 65.2 Å². The molecule has 2 aliphatic heterocycles. The van der Waals surface area contributed by atoms with Crippen molar-refractivity contribution in [3.05, 3.63) is 71.3 Å². The molecule has 1 saturated heterocycles. The van der Waals surface area contributed by atoms with Crippen molar-refractivity contribution in [1.29, 1.82) is 0 Å². The highest BCUT2D eigenvalue weighted by molar-refractivity contribution is 6.42. The van der Waals surface area contributed by atoms with E-state index in [0.29, 0.717) is 5.69 Å². The molecule has 2 aromatic carbocycles. The number of rotatable bonds is 3. The van der Waals surface area contributed by atoms with E-state index in [2.05, 4.69) is 4.99 Å². The van der Waals surface area contributed by atoms with Crippen LogP contribution in [-0.2, 0) is 14.4 Å². The van der Waals surface area contributed by atoms with Crippen LogP contribution in [0.1, 0.15) is 15.9 Å². The Hall–Kier alpha value is -4.07. The van der Waals surface area contributed by atoms with E-state index in [1.54, 1.807) is 48.5 Å². The molecule has 3 atom stereocenters. The number of carbonyl (C=O) groups is 4. The van der Waals surface area contributed by atoms with Crippen molar-refractivity contribution in [2.45, 2.75) is 6.04 Å². The number of aliphatic imine (C=N–C) groups is 1.